The number of morpholine rings is 1. The van der Waals surface area contributed by atoms with Crippen molar-refractivity contribution in [3.63, 3.8) is 0 Å². The molecular formula is C23H29N3O5. The van der Waals surface area contributed by atoms with Gasteiger partial charge in [-0.05, 0) is 42.7 Å². The number of hydrogen-bond donors (Lipinski definition) is 1. The zero-order valence-electron chi connectivity index (χ0n) is 17.6. The third-order valence-corrected chi connectivity index (χ3v) is 5.68. The lowest BCUT2D eigenvalue weighted by atomic mass is 10.0. The van der Waals surface area contributed by atoms with E-state index < -0.39 is 0 Å². The maximum absolute atomic E-state index is 12.5. The molecule has 0 aliphatic carbocycles. The molecule has 2 fully saturated rings. The van der Waals surface area contributed by atoms with Crippen LogP contribution in [0.5, 0.6) is 5.75 Å². The van der Waals surface area contributed by atoms with Crippen molar-refractivity contribution in [2.75, 3.05) is 46.0 Å². The lowest BCUT2D eigenvalue weighted by Gasteiger charge is -2.32. The van der Waals surface area contributed by atoms with E-state index >= 15 is 0 Å². The number of amides is 2. The Morgan fingerprint density at radius 2 is 1.87 bits per heavy atom. The Morgan fingerprint density at radius 1 is 1.06 bits per heavy atom. The lowest BCUT2D eigenvalue weighted by molar-refractivity contribution is -0.137. The summed E-state index contributed by atoms with van der Waals surface area (Å²) in [7, 11) is 0. The van der Waals surface area contributed by atoms with Crippen LogP contribution in [0.2, 0.25) is 0 Å². The van der Waals surface area contributed by atoms with Gasteiger partial charge in [0.2, 0.25) is 0 Å². The third kappa shape index (κ3) is 5.86. The maximum Gasteiger partial charge on any atom is 0.289 e. The van der Waals surface area contributed by atoms with Gasteiger partial charge in [0.05, 0.1) is 19.5 Å². The first-order chi connectivity index (χ1) is 15.2. The molecule has 8 nitrogen and oxygen atoms in total. The van der Waals surface area contributed by atoms with E-state index in [1.807, 2.05) is 29.2 Å². The van der Waals surface area contributed by atoms with Crippen molar-refractivity contribution in [2.45, 2.75) is 25.4 Å². The standard InChI is InChI=1S/C23H29N3O5/c27-22(25-10-13-29-14-11-25)17-31-20-7-5-18(6-8-20)15-24-19-3-1-9-26(16-19)23(28)21-4-2-12-30-21/h2,4-8,12,19,24H,1,3,9-11,13-17H2. The highest BCUT2D eigenvalue weighted by molar-refractivity contribution is 5.91. The summed E-state index contributed by atoms with van der Waals surface area (Å²) < 4.78 is 16.1. The number of ether oxygens (including phenoxy) is 2. The summed E-state index contributed by atoms with van der Waals surface area (Å²) in [5.74, 6) is 1.01. The molecule has 1 N–H and O–H groups in total. The molecule has 2 aromatic rings. The molecule has 2 aliphatic rings. The smallest absolute Gasteiger partial charge is 0.289 e. The summed E-state index contributed by atoms with van der Waals surface area (Å²) in [6.07, 6.45) is 3.53. The van der Waals surface area contributed by atoms with E-state index in [1.54, 1.807) is 17.0 Å². The molecule has 0 spiro atoms. The van der Waals surface area contributed by atoms with Gasteiger partial charge >= 0.3 is 0 Å². The number of rotatable bonds is 7. The Balaban J connectivity index is 1.21. The molecule has 3 heterocycles. The van der Waals surface area contributed by atoms with Crippen LogP contribution in [0.25, 0.3) is 0 Å². The Morgan fingerprint density at radius 3 is 2.61 bits per heavy atom. The predicted molar refractivity (Wildman–Crippen MR) is 114 cm³/mol. The van der Waals surface area contributed by atoms with Crippen LogP contribution in [0.4, 0.5) is 0 Å². The number of carbonyl (C=O) groups is 2. The lowest BCUT2D eigenvalue weighted by Crippen LogP contribution is -2.47. The van der Waals surface area contributed by atoms with Gasteiger partial charge in [0.1, 0.15) is 5.75 Å². The molecule has 4 rings (SSSR count). The summed E-state index contributed by atoms with van der Waals surface area (Å²) in [6, 6.07) is 11.5. The van der Waals surface area contributed by atoms with E-state index in [2.05, 4.69) is 5.32 Å². The number of hydrogen-bond acceptors (Lipinski definition) is 6. The van der Waals surface area contributed by atoms with Crippen molar-refractivity contribution in [1.82, 2.24) is 15.1 Å². The topological polar surface area (TPSA) is 84.2 Å². The van der Waals surface area contributed by atoms with Crippen LogP contribution in [0.1, 0.15) is 29.0 Å². The van der Waals surface area contributed by atoms with Gasteiger partial charge in [-0.15, -0.1) is 0 Å². The van der Waals surface area contributed by atoms with Gasteiger partial charge in [-0.2, -0.15) is 0 Å². The number of nitrogens with one attached hydrogen (secondary N) is 1. The maximum atomic E-state index is 12.5. The van der Waals surface area contributed by atoms with Crippen molar-refractivity contribution in [3.8, 4) is 5.75 Å². The van der Waals surface area contributed by atoms with Crippen LogP contribution >= 0.6 is 0 Å². The van der Waals surface area contributed by atoms with E-state index in [0.29, 0.717) is 50.9 Å². The highest BCUT2D eigenvalue weighted by Gasteiger charge is 2.25. The van der Waals surface area contributed by atoms with Gasteiger partial charge < -0.3 is 29.0 Å². The fourth-order valence-electron chi connectivity index (χ4n) is 3.90. The second kappa shape index (κ2) is 10.5. The molecule has 8 heteroatoms. The van der Waals surface area contributed by atoms with Crippen molar-refractivity contribution in [1.29, 1.82) is 0 Å². The van der Waals surface area contributed by atoms with Gasteiger partial charge in [0.25, 0.3) is 11.8 Å². The molecule has 31 heavy (non-hydrogen) atoms. The summed E-state index contributed by atoms with van der Waals surface area (Å²) in [5.41, 5.74) is 1.13. The molecule has 2 amide bonds. The van der Waals surface area contributed by atoms with Crippen LogP contribution < -0.4 is 10.1 Å². The Labute approximate surface area is 182 Å². The zero-order valence-corrected chi connectivity index (χ0v) is 17.6. The minimum atomic E-state index is -0.0513. The molecular weight excluding hydrogens is 398 g/mol. The SMILES string of the molecule is O=C(COc1ccc(CNC2CCCN(C(=O)c3ccco3)C2)cc1)N1CCOCC1. The number of likely N-dealkylation sites (tertiary alicyclic amines) is 1. The minimum Gasteiger partial charge on any atom is -0.484 e. The highest BCUT2D eigenvalue weighted by atomic mass is 16.5. The second-order valence-corrected chi connectivity index (χ2v) is 7.87. The first-order valence-electron chi connectivity index (χ1n) is 10.8. The average molecular weight is 428 g/mol. The monoisotopic (exact) mass is 427 g/mol. The van der Waals surface area contributed by atoms with E-state index in [4.69, 9.17) is 13.9 Å². The summed E-state index contributed by atoms with van der Waals surface area (Å²) in [5, 5.41) is 3.54. The van der Waals surface area contributed by atoms with Crippen molar-refractivity contribution >= 4 is 11.8 Å². The fraction of sp³-hybridized carbons (Fsp3) is 0.478. The summed E-state index contributed by atoms with van der Waals surface area (Å²) >= 11 is 0. The number of furan rings is 1. The molecule has 0 radical (unpaired) electrons. The van der Waals surface area contributed by atoms with Gasteiger partial charge in [-0.1, -0.05) is 12.1 Å². The molecule has 166 valence electrons. The first kappa shape index (κ1) is 21.4. The Kier molecular flexibility index (Phi) is 7.22. The van der Waals surface area contributed by atoms with Crippen LogP contribution in [0.15, 0.2) is 47.1 Å². The van der Waals surface area contributed by atoms with Gasteiger partial charge in [0, 0.05) is 38.8 Å². The van der Waals surface area contributed by atoms with Crippen LogP contribution in [-0.4, -0.2) is 73.7 Å². The van der Waals surface area contributed by atoms with E-state index in [1.165, 1.54) is 6.26 Å². The second-order valence-electron chi connectivity index (χ2n) is 7.87. The Bertz CT molecular complexity index is 847. The van der Waals surface area contributed by atoms with E-state index in [-0.39, 0.29) is 24.5 Å². The molecule has 1 aromatic carbocycles. The highest BCUT2D eigenvalue weighted by Crippen LogP contribution is 2.16. The van der Waals surface area contributed by atoms with E-state index in [0.717, 1.165) is 24.9 Å². The molecule has 1 unspecified atom stereocenters. The zero-order chi connectivity index (χ0) is 21.5. The third-order valence-electron chi connectivity index (χ3n) is 5.68. The van der Waals surface area contributed by atoms with E-state index in [9.17, 15) is 9.59 Å². The predicted octanol–water partition coefficient (Wildman–Crippen LogP) is 1.91. The molecule has 2 aliphatic heterocycles. The Hall–Kier alpha value is -2.84. The van der Waals surface area contributed by atoms with Crippen LogP contribution in [0.3, 0.4) is 0 Å². The number of carbonyl (C=O) groups excluding carboxylic acids is 2. The molecule has 0 bridgehead atoms. The quantitative estimate of drug-likeness (QED) is 0.727. The number of benzene rings is 1. The van der Waals surface area contributed by atoms with Crippen LogP contribution in [-0.2, 0) is 16.1 Å². The molecule has 2 saturated heterocycles. The van der Waals surface area contributed by atoms with Crippen molar-refractivity contribution < 1.29 is 23.5 Å². The van der Waals surface area contributed by atoms with Gasteiger partial charge in [0.15, 0.2) is 12.4 Å². The van der Waals surface area contributed by atoms with Crippen LogP contribution in [0, 0.1) is 0 Å². The fourth-order valence-corrected chi connectivity index (χ4v) is 3.90. The van der Waals surface area contributed by atoms with Gasteiger partial charge in [-0.25, -0.2) is 0 Å². The normalized spacial score (nSPS) is 19.3. The molecule has 1 aromatic heterocycles. The largest absolute Gasteiger partial charge is 0.484 e. The minimum absolute atomic E-state index is 0.0139. The molecule has 1 atom stereocenters. The van der Waals surface area contributed by atoms with Crippen molar-refractivity contribution in [3.05, 3.63) is 54.0 Å². The van der Waals surface area contributed by atoms with Crippen molar-refractivity contribution in [2.24, 2.45) is 0 Å². The molecule has 0 saturated carbocycles. The number of nitrogens with zero attached hydrogens (tertiary/aromatic N) is 2. The average Bonchev–Trinajstić information content (AvgIpc) is 3.37. The summed E-state index contributed by atoms with van der Waals surface area (Å²) in [4.78, 5) is 28.3. The summed E-state index contributed by atoms with van der Waals surface area (Å²) in [6.45, 7) is 4.60. The first-order valence-corrected chi connectivity index (χ1v) is 10.8. The number of piperidine rings is 1. The van der Waals surface area contributed by atoms with Gasteiger partial charge in [-0.3, -0.25) is 9.59 Å².